The molecule has 0 aliphatic heterocycles. The van der Waals surface area contributed by atoms with Gasteiger partial charge in [0.2, 0.25) is 0 Å². The molecule has 0 heterocycles. The van der Waals surface area contributed by atoms with E-state index in [0.717, 1.165) is 30.2 Å². The highest BCUT2D eigenvalue weighted by Crippen LogP contribution is 2.23. The molecule has 3 nitrogen and oxygen atoms in total. The minimum Gasteiger partial charge on any atom is -0.494 e. The van der Waals surface area contributed by atoms with E-state index in [1.54, 1.807) is 0 Å². The highest BCUT2D eigenvalue weighted by Gasteiger charge is 1.99. The van der Waals surface area contributed by atoms with Gasteiger partial charge in [0.15, 0.2) is 0 Å². The van der Waals surface area contributed by atoms with Gasteiger partial charge in [-0.1, -0.05) is 52.2 Å². The zero-order chi connectivity index (χ0) is 17.2. The SMILES string of the molecule is CCCCCCOc1ccc(N=Nc2ccc(C(C)C)cc2)cc1. The highest BCUT2D eigenvalue weighted by molar-refractivity contribution is 5.43. The summed E-state index contributed by atoms with van der Waals surface area (Å²) in [5.74, 6) is 1.43. The number of benzene rings is 2. The molecular formula is C21H28N2O. The molecule has 0 aliphatic carbocycles. The summed E-state index contributed by atoms with van der Waals surface area (Å²) >= 11 is 0. The van der Waals surface area contributed by atoms with Crippen LogP contribution in [0.25, 0.3) is 0 Å². The van der Waals surface area contributed by atoms with Crippen LogP contribution in [-0.4, -0.2) is 6.61 Å². The van der Waals surface area contributed by atoms with Crippen molar-refractivity contribution in [1.82, 2.24) is 0 Å². The van der Waals surface area contributed by atoms with Gasteiger partial charge in [-0.25, -0.2) is 0 Å². The van der Waals surface area contributed by atoms with Crippen molar-refractivity contribution in [1.29, 1.82) is 0 Å². The molecule has 0 amide bonds. The quantitative estimate of drug-likeness (QED) is 0.355. The third-order valence-corrected chi connectivity index (χ3v) is 3.94. The second-order valence-corrected chi connectivity index (χ2v) is 6.35. The molecule has 0 atom stereocenters. The van der Waals surface area contributed by atoms with Gasteiger partial charge < -0.3 is 4.74 Å². The van der Waals surface area contributed by atoms with Crippen LogP contribution >= 0.6 is 0 Å². The van der Waals surface area contributed by atoms with Gasteiger partial charge in [0.05, 0.1) is 18.0 Å². The van der Waals surface area contributed by atoms with E-state index in [-0.39, 0.29) is 0 Å². The molecule has 0 aliphatic rings. The van der Waals surface area contributed by atoms with Crippen LogP contribution in [0, 0.1) is 0 Å². The summed E-state index contributed by atoms with van der Waals surface area (Å²) in [6.07, 6.45) is 4.88. The van der Waals surface area contributed by atoms with Gasteiger partial charge in [-0.3, -0.25) is 0 Å². The monoisotopic (exact) mass is 324 g/mol. The summed E-state index contributed by atoms with van der Waals surface area (Å²) in [5, 5.41) is 8.57. The van der Waals surface area contributed by atoms with E-state index < -0.39 is 0 Å². The molecule has 2 rings (SSSR count). The Morgan fingerprint density at radius 3 is 1.92 bits per heavy atom. The summed E-state index contributed by atoms with van der Waals surface area (Å²) in [7, 11) is 0. The Hall–Kier alpha value is -2.16. The maximum atomic E-state index is 5.73. The lowest BCUT2D eigenvalue weighted by Gasteiger charge is -2.05. The van der Waals surface area contributed by atoms with Crippen molar-refractivity contribution in [3.63, 3.8) is 0 Å². The fourth-order valence-corrected chi connectivity index (χ4v) is 2.37. The molecule has 0 N–H and O–H groups in total. The topological polar surface area (TPSA) is 34.0 Å². The van der Waals surface area contributed by atoms with E-state index in [9.17, 15) is 0 Å². The first-order chi connectivity index (χ1) is 11.7. The molecule has 24 heavy (non-hydrogen) atoms. The van der Waals surface area contributed by atoms with Gasteiger partial charge in [-0.05, 0) is 54.3 Å². The Kier molecular flexibility index (Phi) is 7.47. The number of ether oxygens (including phenoxy) is 1. The van der Waals surface area contributed by atoms with Crippen LogP contribution in [0.2, 0.25) is 0 Å². The molecule has 3 heteroatoms. The maximum absolute atomic E-state index is 5.73. The number of hydrogen-bond acceptors (Lipinski definition) is 3. The van der Waals surface area contributed by atoms with Crippen molar-refractivity contribution in [3.05, 3.63) is 54.1 Å². The highest BCUT2D eigenvalue weighted by atomic mass is 16.5. The first-order valence-corrected chi connectivity index (χ1v) is 8.93. The average molecular weight is 324 g/mol. The summed E-state index contributed by atoms with van der Waals surface area (Å²) in [6.45, 7) is 7.36. The smallest absolute Gasteiger partial charge is 0.119 e. The minimum atomic E-state index is 0.533. The zero-order valence-corrected chi connectivity index (χ0v) is 15.0. The Bertz CT molecular complexity index is 615. The number of unbranched alkanes of at least 4 members (excludes halogenated alkanes) is 3. The van der Waals surface area contributed by atoms with Crippen molar-refractivity contribution in [2.24, 2.45) is 10.2 Å². The molecule has 2 aromatic rings. The predicted molar refractivity (Wildman–Crippen MR) is 101 cm³/mol. The second-order valence-electron chi connectivity index (χ2n) is 6.35. The van der Waals surface area contributed by atoms with Gasteiger partial charge in [0, 0.05) is 0 Å². The van der Waals surface area contributed by atoms with E-state index >= 15 is 0 Å². The zero-order valence-electron chi connectivity index (χ0n) is 15.0. The standard InChI is InChI=1S/C21H28N2O/c1-4-5-6-7-16-24-21-14-12-20(13-15-21)23-22-19-10-8-18(9-11-19)17(2)3/h8-15,17H,4-7,16H2,1-3H3. The van der Waals surface area contributed by atoms with Crippen LogP contribution in [0.3, 0.4) is 0 Å². The molecule has 0 radical (unpaired) electrons. The maximum Gasteiger partial charge on any atom is 0.119 e. The lowest BCUT2D eigenvalue weighted by atomic mass is 10.0. The minimum absolute atomic E-state index is 0.533. The van der Waals surface area contributed by atoms with Gasteiger partial charge in [0.25, 0.3) is 0 Å². The first kappa shape index (κ1) is 18.2. The van der Waals surface area contributed by atoms with E-state index in [0.29, 0.717) is 5.92 Å². The Morgan fingerprint density at radius 1 is 0.792 bits per heavy atom. The third kappa shape index (κ3) is 6.15. The van der Waals surface area contributed by atoms with Gasteiger partial charge in [-0.15, -0.1) is 0 Å². The normalized spacial score (nSPS) is 11.3. The molecule has 0 spiro atoms. The molecule has 2 aromatic carbocycles. The van der Waals surface area contributed by atoms with E-state index in [4.69, 9.17) is 4.74 Å². The van der Waals surface area contributed by atoms with Gasteiger partial charge in [-0.2, -0.15) is 10.2 Å². The van der Waals surface area contributed by atoms with Crippen molar-refractivity contribution in [2.75, 3.05) is 6.61 Å². The molecule has 128 valence electrons. The average Bonchev–Trinajstić information content (AvgIpc) is 2.61. The molecule has 0 bridgehead atoms. The molecule has 0 saturated heterocycles. The van der Waals surface area contributed by atoms with Crippen LogP contribution in [0.4, 0.5) is 11.4 Å². The van der Waals surface area contributed by atoms with E-state index in [1.165, 1.54) is 24.8 Å². The lowest BCUT2D eigenvalue weighted by Crippen LogP contribution is -1.96. The number of azo groups is 1. The summed E-state index contributed by atoms with van der Waals surface area (Å²) in [4.78, 5) is 0. The van der Waals surface area contributed by atoms with Crippen LogP contribution in [0.1, 0.15) is 57.9 Å². The molecule has 0 fully saturated rings. The third-order valence-electron chi connectivity index (χ3n) is 3.94. The van der Waals surface area contributed by atoms with Crippen LogP contribution in [0.15, 0.2) is 58.8 Å². The lowest BCUT2D eigenvalue weighted by molar-refractivity contribution is 0.305. The molecule has 0 saturated carbocycles. The van der Waals surface area contributed by atoms with Crippen LogP contribution < -0.4 is 4.74 Å². The number of rotatable bonds is 9. The molecule has 0 aromatic heterocycles. The Labute approximate surface area is 145 Å². The summed E-state index contributed by atoms with van der Waals surface area (Å²) in [6, 6.07) is 16.0. The fourth-order valence-electron chi connectivity index (χ4n) is 2.37. The van der Waals surface area contributed by atoms with E-state index in [2.05, 4.69) is 43.1 Å². The van der Waals surface area contributed by atoms with Crippen molar-refractivity contribution in [2.45, 2.75) is 52.4 Å². The van der Waals surface area contributed by atoms with E-state index in [1.807, 2.05) is 36.4 Å². The summed E-state index contributed by atoms with van der Waals surface area (Å²) < 4.78 is 5.73. The fraction of sp³-hybridized carbons (Fsp3) is 0.429. The van der Waals surface area contributed by atoms with Crippen LogP contribution in [-0.2, 0) is 0 Å². The van der Waals surface area contributed by atoms with Gasteiger partial charge >= 0.3 is 0 Å². The second kappa shape index (κ2) is 9.86. The first-order valence-electron chi connectivity index (χ1n) is 8.93. The van der Waals surface area contributed by atoms with Gasteiger partial charge in [0.1, 0.15) is 5.75 Å². The molecular weight excluding hydrogens is 296 g/mol. The predicted octanol–water partition coefficient (Wildman–Crippen LogP) is 7.18. The number of hydrogen-bond donors (Lipinski definition) is 0. The van der Waals surface area contributed by atoms with Crippen molar-refractivity contribution >= 4 is 11.4 Å². The molecule has 0 unspecified atom stereocenters. The van der Waals surface area contributed by atoms with Crippen molar-refractivity contribution in [3.8, 4) is 5.75 Å². The largest absolute Gasteiger partial charge is 0.494 e. The van der Waals surface area contributed by atoms with Crippen LogP contribution in [0.5, 0.6) is 5.75 Å². The Morgan fingerprint density at radius 2 is 1.38 bits per heavy atom. The Balaban J connectivity index is 1.84. The summed E-state index contributed by atoms with van der Waals surface area (Å²) in [5.41, 5.74) is 3.02. The van der Waals surface area contributed by atoms with Crippen molar-refractivity contribution < 1.29 is 4.74 Å². The number of nitrogens with zero attached hydrogens (tertiary/aromatic N) is 2.